The molecule has 0 amide bonds. The highest BCUT2D eigenvalue weighted by atomic mass is 28.4. The standard InChI is InChI=1S/C19H36O4Si/c1-15(2)21-18-13-12-17(23-24(6,7)19(3,4)5)16(22-18)11-9-8-10-14-20/h8-11,15-18,20H,12-14H2,1-7H3/b10-8+,11-9-/t16-,17?,18+/m1/s1. The fourth-order valence-electron chi connectivity index (χ4n) is 2.36. The smallest absolute Gasteiger partial charge is 0.192 e. The molecule has 1 heterocycles. The van der Waals surface area contributed by atoms with E-state index in [1.54, 1.807) is 6.08 Å². The Morgan fingerprint density at radius 2 is 1.88 bits per heavy atom. The van der Waals surface area contributed by atoms with Crippen molar-refractivity contribution in [2.75, 3.05) is 6.61 Å². The fourth-order valence-corrected chi connectivity index (χ4v) is 3.73. The molecule has 0 spiro atoms. The minimum atomic E-state index is -1.86. The molecule has 1 aliphatic heterocycles. The molecule has 1 N–H and O–H groups in total. The molecule has 0 aromatic rings. The topological polar surface area (TPSA) is 47.9 Å². The van der Waals surface area contributed by atoms with Gasteiger partial charge in [0.15, 0.2) is 14.6 Å². The highest BCUT2D eigenvalue weighted by Crippen LogP contribution is 2.39. The Morgan fingerprint density at radius 1 is 1.21 bits per heavy atom. The zero-order valence-corrected chi connectivity index (χ0v) is 17.4. The maximum atomic E-state index is 8.85. The van der Waals surface area contributed by atoms with E-state index < -0.39 is 8.32 Å². The zero-order chi connectivity index (χ0) is 18.4. The van der Waals surface area contributed by atoms with Gasteiger partial charge in [-0.3, -0.25) is 0 Å². The third kappa shape index (κ3) is 6.80. The monoisotopic (exact) mass is 356 g/mol. The summed E-state index contributed by atoms with van der Waals surface area (Å²) in [6.45, 7) is 15.4. The highest BCUT2D eigenvalue weighted by molar-refractivity contribution is 6.74. The molecule has 24 heavy (non-hydrogen) atoms. The molecule has 5 heteroatoms. The lowest BCUT2D eigenvalue weighted by Gasteiger charge is -2.43. The molecule has 1 aliphatic rings. The molecular formula is C19H36O4Si. The van der Waals surface area contributed by atoms with Crippen LogP contribution in [0.5, 0.6) is 0 Å². The number of aliphatic hydroxyl groups is 1. The van der Waals surface area contributed by atoms with Crippen LogP contribution in [0.15, 0.2) is 24.3 Å². The van der Waals surface area contributed by atoms with Crippen molar-refractivity contribution in [1.82, 2.24) is 0 Å². The Kier molecular flexibility index (Phi) is 8.36. The molecule has 0 aliphatic carbocycles. The lowest BCUT2D eigenvalue weighted by atomic mass is 10.0. The molecule has 1 unspecified atom stereocenters. The number of allylic oxidation sites excluding steroid dienone is 2. The van der Waals surface area contributed by atoms with E-state index in [1.165, 1.54) is 0 Å². The van der Waals surface area contributed by atoms with Gasteiger partial charge in [-0.05, 0) is 38.4 Å². The van der Waals surface area contributed by atoms with E-state index in [4.69, 9.17) is 19.0 Å². The maximum Gasteiger partial charge on any atom is 0.192 e. The molecule has 3 atom stereocenters. The second-order valence-corrected chi connectivity index (χ2v) is 13.0. The minimum absolute atomic E-state index is 0.0405. The molecule has 0 radical (unpaired) electrons. The summed E-state index contributed by atoms with van der Waals surface area (Å²) < 4.78 is 18.6. The van der Waals surface area contributed by atoms with Crippen molar-refractivity contribution in [3.8, 4) is 0 Å². The van der Waals surface area contributed by atoms with Crippen molar-refractivity contribution >= 4 is 8.32 Å². The first-order valence-electron chi connectivity index (χ1n) is 8.99. The molecule has 1 rings (SSSR count). The average molecular weight is 357 g/mol. The molecular weight excluding hydrogens is 320 g/mol. The second-order valence-electron chi connectivity index (χ2n) is 8.20. The van der Waals surface area contributed by atoms with Crippen LogP contribution in [0.2, 0.25) is 18.1 Å². The van der Waals surface area contributed by atoms with Gasteiger partial charge in [0, 0.05) is 6.42 Å². The van der Waals surface area contributed by atoms with Gasteiger partial charge in [-0.15, -0.1) is 0 Å². The predicted octanol–water partition coefficient (Wildman–Crippen LogP) is 4.41. The molecule has 0 bridgehead atoms. The minimum Gasteiger partial charge on any atom is -0.411 e. The Hall–Kier alpha value is -0.463. The van der Waals surface area contributed by atoms with E-state index in [2.05, 4.69) is 33.9 Å². The van der Waals surface area contributed by atoms with Gasteiger partial charge in [0.1, 0.15) is 6.10 Å². The van der Waals surface area contributed by atoms with E-state index in [9.17, 15) is 0 Å². The van der Waals surface area contributed by atoms with Crippen molar-refractivity contribution in [2.24, 2.45) is 0 Å². The van der Waals surface area contributed by atoms with Crippen LogP contribution in [0, 0.1) is 0 Å². The third-order valence-electron chi connectivity index (χ3n) is 4.69. The summed E-state index contributed by atoms with van der Waals surface area (Å²) in [6.07, 6.45) is 9.14. The number of hydrogen-bond donors (Lipinski definition) is 1. The first-order chi connectivity index (χ1) is 11.1. The van der Waals surface area contributed by atoms with Gasteiger partial charge >= 0.3 is 0 Å². The van der Waals surface area contributed by atoms with E-state index in [0.717, 1.165) is 12.8 Å². The van der Waals surface area contributed by atoms with E-state index in [-0.39, 0.29) is 36.2 Å². The van der Waals surface area contributed by atoms with Crippen LogP contribution < -0.4 is 0 Å². The van der Waals surface area contributed by atoms with Gasteiger partial charge in [0.05, 0.1) is 18.8 Å². The molecule has 0 saturated carbocycles. The summed E-state index contributed by atoms with van der Waals surface area (Å²) in [5.74, 6) is 0. The SMILES string of the molecule is CC(C)O[C@@H]1CCC(O[Si](C)(C)C(C)(C)C)[C@@H](/C=C\C=C\CO)O1. The zero-order valence-electron chi connectivity index (χ0n) is 16.4. The highest BCUT2D eigenvalue weighted by Gasteiger charge is 2.42. The number of aliphatic hydroxyl groups excluding tert-OH is 1. The van der Waals surface area contributed by atoms with Gasteiger partial charge in [0.2, 0.25) is 0 Å². The lowest BCUT2D eigenvalue weighted by Crippen LogP contribution is -2.50. The first kappa shape index (κ1) is 21.6. The van der Waals surface area contributed by atoms with Crippen molar-refractivity contribution in [1.29, 1.82) is 0 Å². The van der Waals surface area contributed by atoms with Crippen LogP contribution in [0.3, 0.4) is 0 Å². The second kappa shape index (κ2) is 9.29. The molecule has 1 fully saturated rings. The van der Waals surface area contributed by atoms with Crippen LogP contribution in [0.4, 0.5) is 0 Å². The van der Waals surface area contributed by atoms with Crippen molar-refractivity contribution < 1.29 is 19.0 Å². The van der Waals surface area contributed by atoms with E-state index in [1.807, 2.05) is 32.1 Å². The van der Waals surface area contributed by atoms with Crippen molar-refractivity contribution in [2.45, 2.75) is 90.2 Å². The number of rotatable bonds is 7. The van der Waals surface area contributed by atoms with Crippen LogP contribution in [-0.4, -0.2) is 44.6 Å². The number of ether oxygens (including phenoxy) is 2. The largest absolute Gasteiger partial charge is 0.411 e. The first-order valence-corrected chi connectivity index (χ1v) is 11.9. The lowest BCUT2D eigenvalue weighted by molar-refractivity contribution is -0.220. The van der Waals surface area contributed by atoms with E-state index in [0.29, 0.717) is 0 Å². The normalized spacial score (nSPS) is 26.8. The Balaban J connectivity index is 2.83. The molecule has 0 aromatic heterocycles. The molecule has 1 saturated heterocycles. The predicted molar refractivity (Wildman–Crippen MR) is 102 cm³/mol. The Labute approximate surface area is 149 Å². The van der Waals surface area contributed by atoms with Crippen LogP contribution >= 0.6 is 0 Å². The van der Waals surface area contributed by atoms with Gasteiger partial charge < -0.3 is 19.0 Å². The maximum absolute atomic E-state index is 8.85. The molecule has 4 nitrogen and oxygen atoms in total. The molecule has 140 valence electrons. The fraction of sp³-hybridized carbons (Fsp3) is 0.789. The van der Waals surface area contributed by atoms with Gasteiger partial charge in [-0.25, -0.2) is 0 Å². The average Bonchev–Trinajstić information content (AvgIpc) is 2.44. The summed E-state index contributed by atoms with van der Waals surface area (Å²) >= 11 is 0. The Morgan fingerprint density at radius 3 is 2.42 bits per heavy atom. The summed E-state index contributed by atoms with van der Waals surface area (Å²) in [5, 5.41) is 9.02. The quantitative estimate of drug-likeness (QED) is 0.542. The van der Waals surface area contributed by atoms with Crippen molar-refractivity contribution in [3.63, 3.8) is 0 Å². The van der Waals surface area contributed by atoms with Crippen molar-refractivity contribution in [3.05, 3.63) is 24.3 Å². The van der Waals surface area contributed by atoms with Gasteiger partial charge in [-0.1, -0.05) is 45.1 Å². The van der Waals surface area contributed by atoms with Crippen LogP contribution in [0.25, 0.3) is 0 Å². The summed E-state index contributed by atoms with van der Waals surface area (Å²) in [6, 6.07) is 0. The summed E-state index contributed by atoms with van der Waals surface area (Å²) in [7, 11) is -1.86. The summed E-state index contributed by atoms with van der Waals surface area (Å²) in [5.41, 5.74) is 0. The third-order valence-corrected chi connectivity index (χ3v) is 9.20. The van der Waals surface area contributed by atoms with Crippen LogP contribution in [0.1, 0.15) is 47.5 Å². The van der Waals surface area contributed by atoms with E-state index >= 15 is 0 Å². The summed E-state index contributed by atoms with van der Waals surface area (Å²) in [4.78, 5) is 0. The Bertz CT molecular complexity index is 424. The number of hydrogen-bond acceptors (Lipinski definition) is 4. The van der Waals surface area contributed by atoms with Gasteiger partial charge in [0.25, 0.3) is 0 Å². The van der Waals surface area contributed by atoms with Crippen LogP contribution in [-0.2, 0) is 13.9 Å². The molecule has 0 aromatic carbocycles. The van der Waals surface area contributed by atoms with Gasteiger partial charge in [-0.2, -0.15) is 0 Å².